The Kier molecular flexibility index (Phi) is 3.76. The molecule has 17 heavy (non-hydrogen) atoms. The highest BCUT2D eigenvalue weighted by Gasteiger charge is 2.09. The van der Waals surface area contributed by atoms with Gasteiger partial charge in [0.2, 0.25) is 0 Å². The molecule has 1 heterocycles. The molecule has 0 amide bonds. The van der Waals surface area contributed by atoms with E-state index in [4.69, 9.17) is 10.5 Å². The number of ether oxygens (including phenoxy) is 1. The summed E-state index contributed by atoms with van der Waals surface area (Å²) in [6, 6.07) is 6.19. The standard InChI is InChI=1S/C13H14FNOS/c1-9(15)12-6-11(14)2-3-13(12)16-7-10-4-5-17-8-10/h2-6,8-9H,7,15H2,1H3. The average Bonchev–Trinajstić information content (AvgIpc) is 2.80. The number of thiophene rings is 1. The molecule has 0 radical (unpaired) electrons. The number of nitrogens with two attached hydrogens (primary N) is 1. The van der Waals surface area contributed by atoms with Crippen LogP contribution < -0.4 is 10.5 Å². The van der Waals surface area contributed by atoms with Gasteiger partial charge < -0.3 is 10.5 Å². The fourth-order valence-electron chi connectivity index (χ4n) is 1.54. The summed E-state index contributed by atoms with van der Waals surface area (Å²) in [7, 11) is 0. The third-order valence-corrected chi connectivity index (χ3v) is 3.17. The Hall–Kier alpha value is -1.39. The molecule has 2 aromatic rings. The fraction of sp³-hybridized carbons (Fsp3) is 0.231. The second-order valence-corrected chi connectivity index (χ2v) is 4.67. The summed E-state index contributed by atoms with van der Waals surface area (Å²) in [5.41, 5.74) is 7.59. The smallest absolute Gasteiger partial charge is 0.124 e. The van der Waals surface area contributed by atoms with E-state index < -0.39 is 0 Å². The van der Waals surface area contributed by atoms with E-state index in [0.29, 0.717) is 17.9 Å². The molecule has 2 N–H and O–H groups in total. The first-order valence-electron chi connectivity index (χ1n) is 5.35. The Bertz CT molecular complexity index is 482. The second kappa shape index (κ2) is 5.29. The summed E-state index contributed by atoms with van der Waals surface area (Å²) in [6.07, 6.45) is 0. The topological polar surface area (TPSA) is 35.2 Å². The van der Waals surface area contributed by atoms with Crippen LogP contribution in [-0.2, 0) is 6.61 Å². The van der Waals surface area contributed by atoms with E-state index in [0.717, 1.165) is 5.56 Å². The Morgan fingerprint density at radius 1 is 1.41 bits per heavy atom. The maximum absolute atomic E-state index is 13.1. The molecule has 0 spiro atoms. The molecule has 0 bridgehead atoms. The lowest BCUT2D eigenvalue weighted by molar-refractivity contribution is 0.301. The molecule has 2 rings (SSSR count). The maximum Gasteiger partial charge on any atom is 0.124 e. The van der Waals surface area contributed by atoms with E-state index >= 15 is 0 Å². The number of benzene rings is 1. The molecule has 0 fully saturated rings. The van der Waals surface area contributed by atoms with E-state index in [1.165, 1.54) is 12.1 Å². The highest BCUT2D eigenvalue weighted by Crippen LogP contribution is 2.25. The Balaban J connectivity index is 2.14. The van der Waals surface area contributed by atoms with Crippen LogP contribution in [0.3, 0.4) is 0 Å². The van der Waals surface area contributed by atoms with Gasteiger partial charge in [-0.05, 0) is 47.5 Å². The van der Waals surface area contributed by atoms with Crippen LogP contribution in [0.15, 0.2) is 35.0 Å². The summed E-state index contributed by atoms with van der Waals surface area (Å²) in [6.45, 7) is 2.29. The van der Waals surface area contributed by atoms with Crippen LogP contribution in [0.25, 0.3) is 0 Å². The molecule has 90 valence electrons. The molecule has 1 unspecified atom stereocenters. The van der Waals surface area contributed by atoms with Gasteiger partial charge in [-0.1, -0.05) is 0 Å². The Labute approximate surface area is 104 Å². The van der Waals surface area contributed by atoms with Crippen molar-refractivity contribution in [2.45, 2.75) is 19.6 Å². The zero-order valence-electron chi connectivity index (χ0n) is 9.52. The predicted octanol–water partition coefficient (Wildman–Crippen LogP) is 3.49. The number of hydrogen-bond donors (Lipinski definition) is 1. The zero-order chi connectivity index (χ0) is 12.3. The highest BCUT2D eigenvalue weighted by molar-refractivity contribution is 7.07. The first-order valence-corrected chi connectivity index (χ1v) is 6.30. The normalized spacial score (nSPS) is 12.4. The van der Waals surface area contributed by atoms with Crippen LogP contribution in [0.1, 0.15) is 24.1 Å². The van der Waals surface area contributed by atoms with Gasteiger partial charge in [0.1, 0.15) is 18.2 Å². The third-order valence-electron chi connectivity index (χ3n) is 2.44. The predicted molar refractivity (Wildman–Crippen MR) is 67.7 cm³/mol. The second-order valence-electron chi connectivity index (χ2n) is 3.89. The van der Waals surface area contributed by atoms with Crippen LogP contribution in [0.2, 0.25) is 0 Å². The van der Waals surface area contributed by atoms with E-state index in [9.17, 15) is 4.39 Å². The zero-order valence-corrected chi connectivity index (χ0v) is 10.3. The first kappa shape index (κ1) is 12.1. The van der Waals surface area contributed by atoms with Crippen molar-refractivity contribution in [3.63, 3.8) is 0 Å². The van der Waals surface area contributed by atoms with Gasteiger partial charge in [-0.15, -0.1) is 0 Å². The summed E-state index contributed by atoms with van der Waals surface area (Å²) in [4.78, 5) is 0. The van der Waals surface area contributed by atoms with E-state index in [1.54, 1.807) is 17.4 Å². The molecule has 2 nitrogen and oxygen atoms in total. The molecule has 0 aliphatic rings. The lowest BCUT2D eigenvalue weighted by atomic mass is 10.1. The van der Waals surface area contributed by atoms with E-state index in [-0.39, 0.29) is 11.9 Å². The number of hydrogen-bond acceptors (Lipinski definition) is 3. The van der Waals surface area contributed by atoms with Crippen LogP contribution >= 0.6 is 11.3 Å². The monoisotopic (exact) mass is 251 g/mol. The van der Waals surface area contributed by atoms with Gasteiger partial charge >= 0.3 is 0 Å². The minimum Gasteiger partial charge on any atom is -0.489 e. The van der Waals surface area contributed by atoms with Gasteiger partial charge in [0, 0.05) is 11.6 Å². The van der Waals surface area contributed by atoms with Crippen LogP contribution in [-0.4, -0.2) is 0 Å². The summed E-state index contributed by atoms with van der Waals surface area (Å²) < 4.78 is 18.8. The number of rotatable bonds is 4. The average molecular weight is 251 g/mol. The largest absolute Gasteiger partial charge is 0.489 e. The lowest BCUT2D eigenvalue weighted by Gasteiger charge is -2.13. The number of halogens is 1. The molecule has 4 heteroatoms. The molecule has 1 aromatic heterocycles. The van der Waals surface area contributed by atoms with Crippen LogP contribution in [0.4, 0.5) is 4.39 Å². The van der Waals surface area contributed by atoms with Gasteiger partial charge in [0.15, 0.2) is 0 Å². The molecule has 0 saturated carbocycles. The summed E-state index contributed by atoms with van der Waals surface area (Å²) in [5, 5.41) is 4.02. The minimum atomic E-state index is -0.291. The van der Waals surface area contributed by atoms with Gasteiger partial charge in [-0.2, -0.15) is 11.3 Å². The van der Waals surface area contributed by atoms with Gasteiger partial charge in [-0.3, -0.25) is 0 Å². The van der Waals surface area contributed by atoms with Crippen LogP contribution in [0.5, 0.6) is 5.75 Å². The quantitative estimate of drug-likeness (QED) is 0.902. The summed E-state index contributed by atoms with van der Waals surface area (Å²) in [5.74, 6) is 0.354. The van der Waals surface area contributed by atoms with E-state index in [1.807, 2.05) is 23.8 Å². The molecule has 0 saturated heterocycles. The molecular weight excluding hydrogens is 237 g/mol. The Morgan fingerprint density at radius 3 is 2.88 bits per heavy atom. The van der Waals surface area contributed by atoms with Gasteiger partial charge in [-0.25, -0.2) is 4.39 Å². The molecular formula is C13H14FNOS. The van der Waals surface area contributed by atoms with Crippen molar-refractivity contribution >= 4 is 11.3 Å². The third kappa shape index (κ3) is 3.05. The highest BCUT2D eigenvalue weighted by atomic mass is 32.1. The van der Waals surface area contributed by atoms with Crippen molar-refractivity contribution in [2.24, 2.45) is 5.73 Å². The molecule has 0 aliphatic carbocycles. The molecule has 0 aliphatic heterocycles. The maximum atomic E-state index is 13.1. The van der Waals surface area contributed by atoms with Crippen molar-refractivity contribution in [3.05, 3.63) is 52.0 Å². The van der Waals surface area contributed by atoms with Crippen molar-refractivity contribution < 1.29 is 9.13 Å². The molecule has 1 aromatic carbocycles. The van der Waals surface area contributed by atoms with Crippen molar-refractivity contribution in [1.82, 2.24) is 0 Å². The van der Waals surface area contributed by atoms with Crippen molar-refractivity contribution in [3.8, 4) is 5.75 Å². The molecule has 1 atom stereocenters. The first-order chi connectivity index (χ1) is 8.16. The SMILES string of the molecule is CC(N)c1cc(F)ccc1OCc1ccsc1. The fourth-order valence-corrected chi connectivity index (χ4v) is 2.20. The van der Waals surface area contributed by atoms with Gasteiger partial charge in [0.25, 0.3) is 0 Å². The summed E-state index contributed by atoms with van der Waals surface area (Å²) >= 11 is 1.62. The Morgan fingerprint density at radius 2 is 2.24 bits per heavy atom. The van der Waals surface area contributed by atoms with Crippen molar-refractivity contribution in [1.29, 1.82) is 0 Å². The van der Waals surface area contributed by atoms with Gasteiger partial charge in [0.05, 0.1) is 0 Å². The lowest BCUT2D eigenvalue weighted by Crippen LogP contribution is -2.08. The van der Waals surface area contributed by atoms with Crippen LogP contribution in [0, 0.1) is 5.82 Å². The van der Waals surface area contributed by atoms with Crippen molar-refractivity contribution in [2.75, 3.05) is 0 Å². The van der Waals surface area contributed by atoms with E-state index in [2.05, 4.69) is 0 Å². The minimum absolute atomic E-state index is 0.247.